The molecule has 0 fully saturated rings. The first-order chi connectivity index (χ1) is 8.13. The lowest BCUT2D eigenvalue weighted by Gasteiger charge is -2.07. The Balaban J connectivity index is 2.53. The third-order valence-corrected chi connectivity index (χ3v) is 2.61. The second-order valence-electron chi connectivity index (χ2n) is 3.80. The Morgan fingerprint density at radius 1 is 1.35 bits per heavy atom. The van der Waals surface area contributed by atoms with Crippen LogP contribution < -0.4 is 4.74 Å². The summed E-state index contributed by atoms with van der Waals surface area (Å²) in [4.78, 5) is 11.4. The lowest BCUT2D eigenvalue weighted by Crippen LogP contribution is -1.98. The highest BCUT2D eigenvalue weighted by atomic mass is 16.5. The molecule has 88 valence electrons. The van der Waals surface area contributed by atoms with Gasteiger partial charge >= 0.3 is 0 Å². The molecule has 1 aromatic carbocycles. The van der Waals surface area contributed by atoms with E-state index in [0.717, 1.165) is 17.1 Å². The van der Waals surface area contributed by atoms with Gasteiger partial charge in [-0.15, -0.1) is 0 Å². The predicted molar refractivity (Wildman–Crippen MR) is 64.9 cm³/mol. The summed E-state index contributed by atoms with van der Waals surface area (Å²) in [5.41, 5.74) is 2.19. The Bertz CT molecular complexity index is 558. The molecule has 0 amide bonds. The molecule has 0 spiro atoms. The molecule has 4 nitrogen and oxygen atoms in total. The Labute approximate surface area is 99.8 Å². The molecule has 0 saturated heterocycles. The van der Waals surface area contributed by atoms with Crippen LogP contribution in [-0.4, -0.2) is 22.7 Å². The van der Waals surface area contributed by atoms with Crippen molar-refractivity contribution in [3.05, 3.63) is 41.7 Å². The van der Waals surface area contributed by atoms with E-state index >= 15 is 0 Å². The number of aromatic nitrogens is 2. The number of ether oxygens (including phenoxy) is 1. The maximum absolute atomic E-state index is 11.4. The van der Waals surface area contributed by atoms with Crippen LogP contribution in [0.15, 0.2) is 30.5 Å². The zero-order chi connectivity index (χ0) is 12.4. The molecule has 0 atom stereocenters. The van der Waals surface area contributed by atoms with Crippen molar-refractivity contribution in [2.45, 2.75) is 13.8 Å². The van der Waals surface area contributed by atoms with E-state index in [0.29, 0.717) is 5.56 Å². The summed E-state index contributed by atoms with van der Waals surface area (Å²) in [7, 11) is 1.61. The van der Waals surface area contributed by atoms with E-state index in [9.17, 15) is 4.79 Å². The van der Waals surface area contributed by atoms with E-state index < -0.39 is 0 Å². The third-order valence-electron chi connectivity index (χ3n) is 2.61. The van der Waals surface area contributed by atoms with Gasteiger partial charge in [-0.1, -0.05) is 12.1 Å². The van der Waals surface area contributed by atoms with Crippen molar-refractivity contribution in [1.82, 2.24) is 9.78 Å². The van der Waals surface area contributed by atoms with Crippen molar-refractivity contribution in [3.63, 3.8) is 0 Å². The van der Waals surface area contributed by atoms with Gasteiger partial charge in [-0.25, -0.2) is 4.68 Å². The molecule has 4 heteroatoms. The number of Topliss-reactive ketones (excluding diaryl/α,β-unsaturated/α-hetero) is 1. The number of benzene rings is 1. The van der Waals surface area contributed by atoms with Crippen LogP contribution in [0, 0.1) is 6.92 Å². The van der Waals surface area contributed by atoms with E-state index in [1.165, 1.54) is 6.92 Å². The summed E-state index contributed by atoms with van der Waals surface area (Å²) < 4.78 is 6.94. The average Bonchev–Trinajstić information content (AvgIpc) is 2.71. The van der Waals surface area contributed by atoms with Gasteiger partial charge in [-0.3, -0.25) is 4.79 Å². The largest absolute Gasteiger partial charge is 0.494 e. The molecular formula is C13H14N2O2. The molecule has 0 saturated carbocycles. The molecule has 2 rings (SSSR count). The number of hydrogen-bond acceptors (Lipinski definition) is 3. The normalized spacial score (nSPS) is 10.3. The Morgan fingerprint density at radius 2 is 2.06 bits per heavy atom. The first kappa shape index (κ1) is 11.4. The molecular weight excluding hydrogens is 216 g/mol. The summed E-state index contributed by atoms with van der Waals surface area (Å²) >= 11 is 0. The molecule has 1 aromatic heterocycles. The molecule has 0 aliphatic carbocycles. The Kier molecular flexibility index (Phi) is 2.95. The van der Waals surface area contributed by atoms with E-state index in [2.05, 4.69) is 5.10 Å². The van der Waals surface area contributed by atoms with Crippen LogP contribution >= 0.6 is 0 Å². The van der Waals surface area contributed by atoms with Crippen LogP contribution in [0.4, 0.5) is 0 Å². The van der Waals surface area contributed by atoms with E-state index in [1.54, 1.807) is 18.0 Å². The smallest absolute Gasteiger partial charge is 0.163 e. The zero-order valence-corrected chi connectivity index (χ0v) is 10.1. The highest BCUT2D eigenvalue weighted by molar-refractivity contribution is 5.94. The third kappa shape index (κ3) is 2.06. The van der Waals surface area contributed by atoms with Crippen molar-refractivity contribution < 1.29 is 9.53 Å². The zero-order valence-electron chi connectivity index (χ0n) is 10.1. The van der Waals surface area contributed by atoms with E-state index in [-0.39, 0.29) is 5.78 Å². The predicted octanol–water partition coefficient (Wildman–Crippen LogP) is 2.39. The molecule has 2 aromatic rings. The van der Waals surface area contributed by atoms with Gasteiger partial charge in [0.1, 0.15) is 11.4 Å². The first-order valence-corrected chi connectivity index (χ1v) is 5.34. The van der Waals surface area contributed by atoms with Gasteiger partial charge in [-0.05, 0) is 26.0 Å². The van der Waals surface area contributed by atoms with Crippen molar-refractivity contribution in [1.29, 1.82) is 0 Å². The van der Waals surface area contributed by atoms with Gasteiger partial charge in [0.15, 0.2) is 5.78 Å². The topological polar surface area (TPSA) is 44.1 Å². The number of carbonyl (C=O) groups excluding carboxylic acids is 1. The molecule has 0 radical (unpaired) electrons. The minimum absolute atomic E-state index is 0.0173. The Hall–Kier alpha value is -2.10. The summed E-state index contributed by atoms with van der Waals surface area (Å²) in [5, 5.41) is 4.33. The lowest BCUT2D eigenvalue weighted by molar-refractivity contribution is 0.101. The number of nitrogens with zero attached hydrogens (tertiary/aromatic N) is 2. The number of hydrogen-bond donors (Lipinski definition) is 0. The van der Waals surface area contributed by atoms with Gasteiger partial charge in [-0.2, -0.15) is 5.10 Å². The molecule has 0 bridgehead atoms. The highest BCUT2D eigenvalue weighted by Gasteiger charge is 2.12. The van der Waals surface area contributed by atoms with Crippen molar-refractivity contribution in [2.24, 2.45) is 0 Å². The van der Waals surface area contributed by atoms with Crippen molar-refractivity contribution in [2.75, 3.05) is 7.11 Å². The lowest BCUT2D eigenvalue weighted by atomic mass is 10.2. The van der Waals surface area contributed by atoms with Gasteiger partial charge in [0.2, 0.25) is 0 Å². The molecule has 0 aliphatic heterocycles. The Morgan fingerprint density at radius 3 is 2.65 bits per heavy atom. The fourth-order valence-corrected chi connectivity index (χ4v) is 1.75. The fraction of sp³-hybridized carbons (Fsp3) is 0.231. The first-order valence-electron chi connectivity index (χ1n) is 5.34. The number of aryl methyl sites for hydroxylation is 1. The minimum Gasteiger partial charge on any atom is -0.494 e. The molecule has 17 heavy (non-hydrogen) atoms. The fourth-order valence-electron chi connectivity index (χ4n) is 1.75. The molecule has 1 heterocycles. The second-order valence-corrected chi connectivity index (χ2v) is 3.80. The average molecular weight is 230 g/mol. The van der Waals surface area contributed by atoms with Crippen molar-refractivity contribution in [3.8, 4) is 11.4 Å². The van der Waals surface area contributed by atoms with Gasteiger partial charge in [0, 0.05) is 6.20 Å². The summed E-state index contributed by atoms with van der Waals surface area (Å²) in [6, 6.07) is 7.56. The van der Waals surface area contributed by atoms with E-state index in [4.69, 9.17) is 4.74 Å². The standard InChI is InChI=1S/C13H14N2O2/c1-9-11(10(2)16)8-15(14-9)12-6-4-5-7-13(12)17-3/h4-8H,1-3H3. The monoisotopic (exact) mass is 230 g/mol. The SMILES string of the molecule is COc1ccccc1-n1cc(C(C)=O)c(C)n1. The summed E-state index contributed by atoms with van der Waals surface area (Å²) in [6.45, 7) is 3.36. The van der Waals surface area contributed by atoms with Crippen LogP contribution in [0.3, 0.4) is 0 Å². The summed E-state index contributed by atoms with van der Waals surface area (Å²) in [6.07, 6.45) is 1.73. The summed E-state index contributed by atoms with van der Waals surface area (Å²) in [5.74, 6) is 0.744. The van der Waals surface area contributed by atoms with Crippen molar-refractivity contribution >= 4 is 5.78 Å². The molecule has 0 N–H and O–H groups in total. The van der Waals surface area contributed by atoms with Gasteiger partial charge < -0.3 is 4.74 Å². The van der Waals surface area contributed by atoms with Crippen LogP contribution in [0.25, 0.3) is 5.69 Å². The molecule has 0 unspecified atom stereocenters. The maximum atomic E-state index is 11.4. The van der Waals surface area contributed by atoms with Gasteiger partial charge in [0.05, 0.1) is 18.4 Å². The van der Waals surface area contributed by atoms with Crippen LogP contribution in [0.5, 0.6) is 5.75 Å². The quantitative estimate of drug-likeness (QED) is 0.760. The van der Waals surface area contributed by atoms with Crippen LogP contribution in [0.2, 0.25) is 0 Å². The number of rotatable bonds is 3. The van der Waals surface area contributed by atoms with Crippen LogP contribution in [-0.2, 0) is 0 Å². The van der Waals surface area contributed by atoms with Gasteiger partial charge in [0.25, 0.3) is 0 Å². The highest BCUT2D eigenvalue weighted by Crippen LogP contribution is 2.22. The number of para-hydroxylation sites is 2. The number of ketones is 1. The number of carbonyl (C=O) groups is 1. The molecule has 0 aliphatic rings. The number of methoxy groups -OCH3 is 1. The van der Waals surface area contributed by atoms with Crippen LogP contribution in [0.1, 0.15) is 23.0 Å². The second kappa shape index (κ2) is 4.41. The maximum Gasteiger partial charge on any atom is 0.163 e. The van der Waals surface area contributed by atoms with E-state index in [1.807, 2.05) is 31.2 Å². The minimum atomic E-state index is 0.0173.